The minimum absolute atomic E-state index is 0.0472. The summed E-state index contributed by atoms with van der Waals surface area (Å²) in [4.78, 5) is 24.2. The maximum absolute atomic E-state index is 11.6. The lowest BCUT2D eigenvalue weighted by Crippen LogP contribution is -2.31. The Morgan fingerprint density at radius 3 is 2.25 bits per heavy atom. The van der Waals surface area contributed by atoms with Gasteiger partial charge in [0.2, 0.25) is 0 Å². The number of nitrogens with one attached hydrogen (secondary N) is 1. The first-order valence-electron chi connectivity index (χ1n) is 4.57. The van der Waals surface area contributed by atoms with Crippen LogP contribution in [0.1, 0.15) is 5.56 Å². The summed E-state index contributed by atoms with van der Waals surface area (Å²) in [6.07, 6.45) is 0. The van der Waals surface area contributed by atoms with E-state index >= 15 is 0 Å². The van der Waals surface area contributed by atoms with Crippen LogP contribution in [0.2, 0.25) is 0 Å². The fourth-order valence-corrected chi connectivity index (χ4v) is 3.32. The Morgan fingerprint density at radius 2 is 1.81 bits per heavy atom. The molecule has 1 aromatic carbocycles. The van der Waals surface area contributed by atoms with Gasteiger partial charge in [-0.1, -0.05) is 0 Å². The van der Waals surface area contributed by atoms with Gasteiger partial charge in [-0.05, 0) is 56.5 Å². The van der Waals surface area contributed by atoms with Gasteiger partial charge >= 0.3 is 6.03 Å². The Kier molecular flexibility index (Phi) is 3.03. The van der Waals surface area contributed by atoms with Gasteiger partial charge in [0.25, 0.3) is 5.91 Å². The number of rotatable bonds is 1. The SMILES string of the molecule is Cc1cc(Br)c(N2C(=O)CNC2=O)c(Br)c1. The molecule has 1 heterocycles. The fraction of sp³-hybridized carbons (Fsp3) is 0.200. The summed E-state index contributed by atoms with van der Waals surface area (Å²) in [6.45, 7) is 1.98. The third-order valence-electron chi connectivity index (χ3n) is 2.23. The number of amides is 3. The van der Waals surface area contributed by atoms with Gasteiger partial charge in [0.15, 0.2) is 0 Å². The molecule has 1 fully saturated rings. The first-order valence-corrected chi connectivity index (χ1v) is 6.15. The molecule has 84 valence electrons. The molecule has 0 unspecified atom stereocenters. The molecular weight excluding hydrogens is 340 g/mol. The predicted octanol–water partition coefficient (Wildman–Crippen LogP) is 2.58. The van der Waals surface area contributed by atoms with Crippen LogP contribution >= 0.6 is 31.9 Å². The van der Waals surface area contributed by atoms with Crippen LogP contribution in [0, 0.1) is 6.92 Å². The number of urea groups is 1. The Labute approximate surface area is 109 Å². The van der Waals surface area contributed by atoms with Crippen molar-refractivity contribution >= 4 is 49.5 Å². The lowest BCUT2D eigenvalue weighted by molar-refractivity contribution is -0.115. The number of aryl methyl sites for hydroxylation is 1. The van der Waals surface area contributed by atoms with E-state index in [-0.39, 0.29) is 12.5 Å². The second kappa shape index (κ2) is 4.18. The molecule has 0 radical (unpaired) electrons. The Morgan fingerprint density at radius 1 is 1.25 bits per heavy atom. The summed E-state index contributed by atoms with van der Waals surface area (Å²) in [6, 6.07) is 3.33. The first-order chi connectivity index (χ1) is 7.50. The molecule has 0 aromatic heterocycles. The van der Waals surface area contributed by atoms with Gasteiger partial charge in [-0.3, -0.25) is 4.79 Å². The molecule has 1 N–H and O–H groups in total. The van der Waals surface area contributed by atoms with Gasteiger partial charge in [0.05, 0.1) is 12.2 Å². The number of carbonyl (C=O) groups is 2. The molecule has 0 aliphatic carbocycles. The molecule has 1 aliphatic heterocycles. The zero-order valence-corrected chi connectivity index (χ0v) is 11.6. The standard InChI is InChI=1S/C10H8Br2N2O2/c1-5-2-6(11)9(7(12)3-5)14-8(15)4-13-10(14)16/h2-3H,4H2,1H3,(H,13,16). The molecular formula is C10H8Br2N2O2. The minimum atomic E-state index is -0.393. The van der Waals surface area contributed by atoms with Crippen molar-refractivity contribution in [1.82, 2.24) is 5.32 Å². The first kappa shape index (κ1) is 11.6. The van der Waals surface area contributed by atoms with Crippen molar-refractivity contribution < 1.29 is 9.59 Å². The van der Waals surface area contributed by atoms with Crippen LogP contribution in [0.15, 0.2) is 21.1 Å². The van der Waals surface area contributed by atoms with E-state index in [4.69, 9.17) is 0 Å². The van der Waals surface area contributed by atoms with Crippen LogP contribution in [0.5, 0.6) is 0 Å². The second-order valence-corrected chi connectivity index (χ2v) is 5.17. The van der Waals surface area contributed by atoms with E-state index in [2.05, 4.69) is 37.2 Å². The van der Waals surface area contributed by atoms with Crippen molar-refractivity contribution in [2.24, 2.45) is 0 Å². The highest BCUT2D eigenvalue weighted by molar-refractivity contribution is 9.11. The number of anilines is 1. The van der Waals surface area contributed by atoms with E-state index in [9.17, 15) is 9.59 Å². The number of nitrogens with zero attached hydrogens (tertiary/aromatic N) is 1. The third-order valence-corrected chi connectivity index (χ3v) is 3.44. The zero-order chi connectivity index (χ0) is 11.9. The molecule has 1 saturated heterocycles. The highest BCUT2D eigenvalue weighted by Crippen LogP contribution is 2.36. The average Bonchev–Trinajstić information content (AvgIpc) is 2.47. The van der Waals surface area contributed by atoms with E-state index in [1.165, 1.54) is 0 Å². The molecule has 6 heteroatoms. The van der Waals surface area contributed by atoms with Gasteiger partial charge in [-0.25, -0.2) is 9.69 Å². The van der Waals surface area contributed by atoms with Crippen LogP contribution in [0.3, 0.4) is 0 Å². The van der Waals surface area contributed by atoms with E-state index in [1.807, 2.05) is 19.1 Å². The summed E-state index contributed by atoms with van der Waals surface area (Å²) in [5, 5.41) is 2.48. The van der Waals surface area contributed by atoms with Gasteiger partial charge in [-0.15, -0.1) is 0 Å². The van der Waals surface area contributed by atoms with Crippen molar-refractivity contribution in [2.75, 3.05) is 11.4 Å². The maximum atomic E-state index is 11.6. The monoisotopic (exact) mass is 346 g/mol. The van der Waals surface area contributed by atoms with Crippen molar-refractivity contribution in [1.29, 1.82) is 0 Å². The molecule has 16 heavy (non-hydrogen) atoms. The largest absolute Gasteiger partial charge is 0.329 e. The minimum Gasteiger partial charge on any atom is -0.328 e. The van der Waals surface area contributed by atoms with Gasteiger partial charge < -0.3 is 5.32 Å². The van der Waals surface area contributed by atoms with E-state index < -0.39 is 6.03 Å². The molecule has 1 aromatic rings. The highest BCUT2D eigenvalue weighted by atomic mass is 79.9. The zero-order valence-electron chi connectivity index (χ0n) is 8.38. The summed E-state index contributed by atoms with van der Waals surface area (Å²) >= 11 is 6.72. The quantitative estimate of drug-likeness (QED) is 0.794. The number of hydrogen-bond acceptors (Lipinski definition) is 2. The van der Waals surface area contributed by atoms with E-state index in [1.54, 1.807) is 0 Å². The molecule has 4 nitrogen and oxygen atoms in total. The second-order valence-electron chi connectivity index (χ2n) is 3.47. The highest BCUT2D eigenvalue weighted by Gasteiger charge is 2.32. The molecule has 0 saturated carbocycles. The molecule has 0 atom stereocenters. The fourth-order valence-electron chi connectivity index (χ4n) is 1.55. The smallest absolute Gasteiger partial charge is 0.328 e. The van der Waals surface area contributed by atoms with Gasteiger partial charge in [-0.2, -0.15) is 0 Å². The topological polar surface area (TPSA) is 49.4 Å². The lowest BCUT2D eigenvalue weighted by Gasteiger charge is -2.16. The molecule has 3 amide bonds. The van der Waals surface area contributed by atoms with Gasteiger partial charge in [0, 0.05) is 8.95 Å². The summed E-state index contributed by atoms with van der Waals surface area (Å²) < 4.78 is 1.43. The van der Waals surface area contributed by atoms with Crippen molar-refractivity contribution in [3.8, 4) is 0 Å². The Hall–Kier alpha value is -0.880. The van der Waals surface area contributed by atoms with E-state index in [0.29, 0.717) is 14.6 Å². The third kappa shape index (κ3) is 1.87. The number of benzene rings is 1. The van der Waals surface area contributed by atoms with Crippen LogP contribution in [0.4, 0.5) is 10.5 Å². The number of hydrogen-bond donors (Lipinski definition) is 1. The van der Waals surface area contributed by atoms with E-state index in [0.717, 1.165) is 10.5 Å². The average molecular weight is 348 g/mol. The van der Waals surface area contributed by atoms with Crippen molar-refractivity contribution in [3.63, 3.8) is 0 Å². The lowest BCUT2D eigenvalue weighted by atomic mass is 10.2. The number of halogens is 2. The Balaban J connectivity index is 2.55. The predicted molar refractivity (Wildman–Crippen MR) is 67.5 cm³/mol. The van der Waals surface area contributed by atoms with Crippen LogP contribution in [0.25, 0.3) is 0 Å². The summed E-state index contributed by atoms with van der Waals surface area (Å²) in [5.41, 5.74) is 1.58. The van der Waals surface area contributed by atoms with Crippen LogP contribution in [-0.2, 0) is 4.79 Å². The van der Waals surface area contributed by atoms with Gasteiger partial charge in [0.1, 0.15) is 0 Å². The number of imide groups is 1. The van der Waals surface area contributed by atoms with Crippen molar-refractivity contribution in [2.45, 2.75) is 6.92 Å². The molecule has 2 rings (SSSR count). The molecule has 0 spiro atoms. The van der Waals surface area contributed by atoms with Crippen molar-refractivity contribution in [3.05, 3.63) is 26.6 Å². The number of carbonyl (C=O) groups excluding carboxylic acids is 2. The summed E-state index contributed by atoms with van der Waals surface area (Å²) in [7, 11) is 0. The molecule has 0 bridgehead atoms. The van der Waals surface area contributed by atoms with Crippen LogP contribution < -0.4 is 10.2 Å². The Bertz CT molecular complexity index is 449. The normalized spacial score (nSPS) is 15.6. The molecule has 1 aliphatic rings. The maximum Gasteiger partial charge on any atom is 0.329 e. The summed E-state index contributed by atoms with van der Waals surface area (Å²) in [5.74, 6) is -0.254. The van der Waals surface area contributed by atoms with Crippen LogP contribution in [-0.4, -0.2) is 18.5 Å².